The maximum Gasteiger partial charge on any atom is 0.223 e. The number of aromatic nitrogens is 2. The van der Waals surface area contributed by atoms with Gasteiger partial charge in [-0.2, -0.15) is 9.97 Å². The average molecular weight is 238 g/mol. The molecule has 6 N–H and O–H groups in total. The highest BCUT2D eigenvalue weighted by Crippen LogP contribution is 2.35. The molecule has 2 rings (SSSR count). The Balaban J connectivity index is 2.01. The van der Waals surface area contributed by atoms with E-state index >= 15 is 0 Å². The monoisotopic (exact) mass is 238 g/mol. The summed E-state index contributed by atoms with van der Waals surface area (Å²) >= 11 is 0. The molecule has 7 heteroatoms. The fourth-order valence-corrected chi connectivity index (χ4v) is 1.91. The Bertz CT molecular complexity index is 387. The predicted octanol–water partition coefficient (Wildman–Crippen LogP) is 0.325. The number of ether oxygens (including phenoxy) is 1. The van der Waals surface area contributed by atoms with Crippen molar-refractivity contribution in [1.29, 1.82) is 0 Å². The summed E-state index contributed by atoms with van der Waals surface area (Å²) in [5.41, 5.74) is 7.95. The van der Waals surface area contributed by atoms with Gasteiger partial charge in [-0.05, 0) is 19.3 Å². The lowest BCUT2D eigenvalue weighted by Gasteiger charge is -2.40. The number of methoxy groups -OCH3 is 1. The quantitative estimate of drug-likeness (QED) is 0.432. The molecule has 1 saturated carbocycles. The number of anilines is 3. The number of nitrogens with zero attached hydrogens (tertiary/aromatic N) is 2. The Morgan fingerprint density at radius 1 is 1.41 bits per heavy atom. The summed E-state index contributed by atoms with van der Waals surface area (Å²) in [6, 6.07) is 1.71. The van der Waals surface area contributed by atoms with Gasteiger partial charge >= 0.3 is 0 Å². The van der Waals surface area contributed by atoms with Crippen LogP contribution in [-0.2, 0) is 4.74 Å². The normalized spacial score (nSPS) is 17.3. The highest BCUT2D eigenvalue weighted by atomic mass is 16.5. The van der Waals surface area contributed by atoms with Crippen LogP contribution in [0.5, 0.6) is 0 Å². The van der Waals surface area contributed by atoms with Crippen LogP contribution >= 0.6 is 0 Å². The first kappa shape index (κ1) is 11.9. The van der Waals surface area contributed by atoms with E-state index in [-0.39, 0.29) is 11.5 Å². The Morgan fingerprint density at radius 3 is 2.65 bits per heavy atom. The maximum absolute atomic E-state index is 5.56. The topological polar surface area (TPSA) is 111 Å². The zero-order chi connectivity index (χ0) is 12.3. The smallest absolute Gasteiger partial charge is 0.223 e. The summed E-state index contributed by atoms with van der Waals surface area (Å²) < 4.78 is 5.50. The second-order valence-electron chi connectivity index (χ2n) is 4.24. The van der Waals surface area contributed by atoms with Crippen LogP contribution in [0.15, 0.2) is 6.07 Å². The second-order valence-corrected chi connectivity index (χ2v) is 4.24. The van der Waals surface area contributed by atoms with Gasteiger partial charge in [-0.25, -0.2) is 5.84 Å². The number of nitrogens with one attached hydrogen (secondary N) is 2. The average Bonchev–Trinajstić information content (AvgIpc) is 2.27. The number of nitrogen functional groups attached to an aromatic ring is 2. The molecule has 1 aromatic heterocycles. The molecule has 7 nitrogen and oxygen atoms in total. The molecule has 17 heavy (non-hydrogen) atoms. The van der Waals surface area contributed by atoms with Crippen LogP contribution in [0.25, 0.3) is 0 Å². The standard InChI is InChI=1S/C10H18N6O/c1-17-10(3-2-4-10)6-13-7-5-8(16-12)15-9(11)14-7/h5H,2-4,6,12H2,1H3,(H4,11,13,14,15,16). The second kappa shape index (κ2) is 4.72. The van der Waals surface area contributed by atoms with Crippen molar-refractivity contribution in [2.45, 2.75) is 24.9 Å². The highest BCUT2D eigenvalue weighted by molar-refractivity contribution is 5.50. The summed E-state index contributed by atoms with van der Waals surface area (Å²) in [4.78, 5) is 7.99. The first-order valence-corrected chi connectivity index (χ1v) is 5.58. The molecule has 0 saturated heterocycles. The molecule has 0 bridgehead atoms. The van der Waals surface area contributed by atoms with Crippen molar-refractivity contribution in [3.8, 4) is 0 Å². The molecule has 0 aliphatic heterocycles. The van der Waals surface area contributed by atoms with Gasteiger partial charge in [0.1, 0.15) is 11.6 Å². The van der Waals surface area contributed by atoms with Gasteiger partial charge in [0, 0.05) is 19.7 Å². The molecular weight excluding hydrogens is 220 g/mol. The molecule has 0 unspecified atom stereocenters. The molecule has 0 aromatic carbocycles. The fraction of sp³-hybridized carbons (Fsp3) is 0.600. The van der Waals surface area contributed by atoms with E-state index in [0.717, 1.165) is 12.8 Å². The van der Waals surface area contributed by atoms with Crippen molar-refractivity contribution in [1.82, 2.24) is 9.97 Å². The van der Waals surface area contributed by atoms with Crippen LogP contribution in [0.3, 0.4) is 0 Å². The fourth-order valence-electron chi connectivity index (χ4n) is 1.91. The minimum Gasteiger partial charge on any atom is -0.376 e. The molecule has 0 radical (unpaired) electrons. The zero-order valence-electron chi connectivity index (χ0n) is 9.86. The molecule has 1 aliphatic carbocycles. The summed E-state index contributed by atoms with van der Waals surface area (Å²) in [5.74, 6) is 6.60. The van der Waals surface area contributed by atoms with Gasteiger partial charge in [0.25, 0.3) is 0 Å². The van der Waals surface area contributed by atoms with Crippen LogP contribution in [0.2, 0.25) is 0 Å². The molecule has 1 aromatic rings. The number of hydrogen-bond donors (Lipinski definition) is 4. The van der Waals surface area contributed by atoms with E-state index in [4.69, 9.17) is 16.3 Å². The van der Waals surface area contributed by atoms with Gasteiger partial charge in [-0.1, -0.05) is 0 Å². The molecule has 1 fully saturated rings. The van der Waals surface area contributed by atoms with Gasteiger partial charge in [-0.3, -0.25) is 0 Å². The zero-order valence-corrected chi connectivity index (χ0v) is 9.86. The molecule has 1 aliphatic rings. The van der Waals surface area contributed by atoms with E-state index in [1.54, 1.807) is 13.2 Å². The summed E-state index contributed by atoms with van der Waals surface area (Å²) in [6.45, 7) is 0.712. The van der Waals surface area contributed by atoms with Gasteiger partial charge in [0.15, 0.2) is 0 Å². The summed E-state index contributed by atoms with van der Waals surface area (Å²) in [5, 5.41) is 3.20. The van der Waals surface area contributed by atoms with E-state index in [2.05, 4.69) is 20.7 Å². The first-order chi connectivity index (χ1) is 8.17. The number of nitrogens with two attached hydrogens (primary N) is 2. The third kappa shape index (κ3) is 2.56. The van der Waals surface area contributed by atoms with E-state index in [0.29, 0.717) is 18.2 Å². The van der Waals surface area contributed by atoms with Crippen molar-refractivity contribution in [2.75, 3.05) is 30.1 Å². The van der Waals surface area contributed by atoms with Crippen molar-refractivity contribution in [3.05, 3.63) is 6.07 Å². The minimum absolute atomic E-state index is 0.0595. The van der Waals surface area contributed by atoms with Crippen LogP contribution < -0.4 is 22.3 Å². The number of hydrazine groups is 1. The van der Waals surface area contributed by atoms with Gasteiger partial charge in [-0.15, -0.1) is 0 Å². The summed E-state index contributed by atoms with van der Waals surface area (Å²) in [7, 11) is 1.74. The lowest BCUT2D eigenvalue weighted by atomic mass is 9.80. The highest BCUT2D eigenvalue weighted by Gasteiger charge is 2.36. The van der Waals surface area contributed by atoms with Crippen LogP contribution in [-0.4, -0.2) is 29.2 Å². The van der Waals surface area contributed by atoms with Crippen LogP contribution in [0.1, 0.15) is 19.3 Å². The SMILES string of the molecule is COC1(CNc2cc(NN)nc(N)n2)CCC1. The van der Waals surface area contributed by atoms with E-state index in [9.17, 15) is 0 Å². The molecule has 0 spiro atoms. The lowest BCUT2D eigenvalue weighted by Crippen LogP contribution is -2.45. The number of rotatable bonds is 5. The van der Waals surface area contributed by atoms with Crippen molar-refractivity contribution >= 4 is 17.6 Å². The minimum atomic E-state index is -0.0595. The van der Waals surface area contributed by atoms with Gasteiger partial charge < -0.3 is 21.2 Å². The first-order valence-electron chi connectivity index (χ1n) is 5.58. The molecule has 1 heterocycles. The molecule has 0 amide bonds. The largest absolute Gasteiger partial charge is 0.376 e. The lowest BCUT2D eigenvalue weighted by molar-refractivity contribution is -0.0601. The van der Waals surface area contributed by atoms with Crippen molar-refractivity contribution < 1.29 is 4.74 Å². The van der Waals surface area contributed by atoms with Gasteiger partial charge in [0.2, 0.25) is 5.95 Å². The molecule has 0 atom stereocenters. The van der Waals surface area contributed by atoms with Gasteiger partial charge in [0.05, 0.1) is 5.60 Å². The van der Waals surface area contributed by atoms with Crippen LogP contribution in [0.4, 0.5) is 17.6 Å². The number of hydrogen-bond acceptors (Lipinski definition) is 7. The van der Waals surface area contributed by atoms with E-state index in [1.807, 2.05) is 0 Å². The van der Waals surface area contributed by atoms with Crippen molar-refractivity contribution in [3.63, 3.8) is 0 Å². The van der Waals surface area contributed by atoms with Crippen LogP contribution in [0, 0.1) is 0 Å². The van der Waals surface area contributed by atoms with E-state index < -0.39 is 0 Å². The third-order valence-corrected chi connectivity index (χ3v) is 3.18. The molecule has 94 valence electrons. The Labute approximate surface area is 99.9 Å². The van der Waals surface area contributed by atoms with E-state index in [1.165, 1.54) is 6.42 Å². The Kier molecular flexibility index (Phi) is 3.30. The Hall–Kier alpha value is -1.60. The predicted molar refractivity (Wildman–Crippen MR) is 66.3 cm³/mol. The summed E-state index contributed by atoms with van der Waals surface area (Å²) in [6.07, 6.45) is 3.34. The molecular formula is C10H18N6O. The Morgan fingerprint density at radius 2 is 2.12 bits per heavy atom. The third-order valence-electron chi connectivity index (χ3n) is 3.18. The maximum atomic E-state index is 5.56. The van der Waals surface area contributed by atoms with Crippen molar-refractivity contribution in [2.24, 2.45) is 5.84 Å².